The van der Waals surface area contributed by atoms with Gasteiger partial charge in [0.1, 0.15) is 5.75 Å². The van der Waals surface area contributed by atoms with Crippen LogP contribution in [0, 0.1) is 11.3 Å². The van der Waals surface area contributed by atoms with Crippen LogP contribution in [-0.2, 0) is 16.2 Å². The minimum Gasteiger partial charge on any atom is -0.496 e. The number of aliphatic hydroxyl groups excluding tert-OH is 1. The maximum atomic E-state index is 13.0. The zero-order valence-corrected chi connectivity index (χ0v) is 14.9. The third kappa shape index (κ3) is 4.51. The van der Waals surface area contributed by atoms with Crippen molar-refractivity contribution in [2.24, 2.45) is 11.3 Å². The van der Waals surface area contributed by atoms with E-state index in [0.29, 0.717) is 17.0 Å². The number of aliphatic carboxylic acids is 1. The van der Waals surface area contributed by atoms with E-state index in [0.717, 1.165) is 32.1 Å². The molecule has 1 fully saturated rings. The number of hydrogen-bond donors (Lipinski definition) is 3. The van der Waals surface area contributed by atoms with Gasteiger partial charge in [0.15, 0.2) is 0 Å². The summed E-state index contributed by atoms with van der Waals surface area (Å²) in [7, 11) is 1.51. The molecule has 0 saturated heterocycles. The van der Waals surface area contributed by atoms with Crippen LogP contribution in [0.3, 0.4) is 0 Å². The Hall–Kier alpha value is -2.08. The fourth-order valence-corrected chi connectivity index (χ4v) is 3.72. The van der Waals surface area contributed by atoms with E-state index in [1.165, 1.54) is 7.11 Å². The molecule has 0 aromatic heterocycles. The number of aliphatic hydroxyl groups is 1. The molecule has 1 aliphatic rings. The summed E-state index contributed by atoms with van der Waals surface area (Å²) in [6, 6.07) is 5.02. The molecule has 3 N–H and O–H groups in total. The summed E-state index contributed by atoms with van der Waals surface area (Å²) in [5.74, 6) is -0.640. The molecule has 0 aliphatic heterocycles. The smallest absolute Gasteiger partial charge is 0.304 e. The number of ether oxygens (including phenoxy) is 1. The molecule has 1 saturated carbocycles. The van der Waals surface area contributed by atoms with Crippen molar-refractivity contribution in [3.63, 3.8) is 0 Å². The number of hydrogen-bond acceptors (Lipinski definition) is 4. The number of methoxy groups -OCH3 is 1. The first-order valence-electron chi connectivity index (χ1n) is 8.71. The summed E-state index contributed by atoms with van der Waals surface area (Å²) in [6.45, 7) is 1.55. The van der Waals surface area contributed by atoms with Crippen molar-refractivity contribution in [1.82, 2.24) is 0 Å². The molecule has 6 nitrogen and oxygen atoms in total. The number of carbonyl (C=O) groups is 2. The summed E-state index contributed by atoms with van der Waals surface area (Å²) >= 11 is 0. The molecule has 1 amide bonds. The first kappa shape index (κ1) is 19.2. The number of rotatable bonds is 7. The lowest BCUT2D eigenvalue weighted by Gasteiger charge is -2.37. The minimum atomic E-state index is -0.964. The molecule has 0 spiro atoms. The average molecular weight is 349 g/mol. The Bertz CT molecular complexity index is 624. The van der Waals surface area contributed by atoms with E-state index in [9.17, 15) is 19.8 Å². The molecule has 1 atom stereocenters. The van der Waals surface area contributed by atoms with Crippen LogP contribution >= 0.6 is 0 Å². The molecule has 1 aliphatic carbocycles. The summed E-state index contributed by atoms with van der Waals surface area (Å²) in [5.41, 5.74) is 0.145. The fraction of sp³-hybridized carbons (Fsp3) is 0.579. The highest BCUT2D eigenvalue weighted by Crippen LogP contribution is 2.42. The summed E-state index contributed by atoms with van der Waals surface area (Å²) in [6.07, 6.45) is 4.77. The highest BCUT2D eigenvalue weighted by molar-refractivity contribution is 5.97. The second-order valence-electron chi connectivity index (χ2n) is 6.96. The second kappa shape index (κ2) is 8.34. The number of nitrogens with one attached hydrogen (secondary N) is 1. The van der Waals surface area contributed by atoms with E-state index >= 15 is 0 Å². The van der Waals surface area contributed by atoms with Gasteiger partial charge < -0.3 is 20.3 Å². The summed E-state index contributed by atoms with van der Waals surface area (Å²) in [4.78, 5) is 24.3. The van der Waals surface area contributed by atoms with E-state index in [1.54, 1.807) is 25.1 Å². The molecular weight excluding hydrogens is 322 g/mol. The van der Waals surface area contributed by atoms with Crippen molar-refractivity contribution < 1.29 is 24.5 Å². The Morgan fingerprint density at radius 3 is 2.52 bits per heavy atom. The Balaban J connectivity index is 2.23. The molecule has 0 heterocycles. The van der Waals surface area contributed by atoms with Crippen LogP contribution in [-0.4, -0.2) is 29.2 Å². The van der Waals surface area contributed by atoms with Crippen LogP contribution in [0.5, 0.6) is 5.75 Å². The predicted octanol–water partition coefficient (Wildman–Crippen LogP) is 3.19. The number of anilines is 1. The largest absolute Gasteiger partial charge is 0.496 e. The molecule has 1 aromatic carbocycles. The molecule has 0 radical (unpaired) electrons. The van der Waals surface area contributed by atoms with Gasteiger partial charge in [-0.25, -0.2) is 0 Å². The number of carboxylic acids is 1. The van der Waals surface area contributed by atoms with Crippen LogP contribution in [0.25, 0.3) is 0 Å². The van der Waals surface area contributed by atoms with Gasteiger partial charge >= 0.3 is 5.97 Å². The standard InChI is InChI=1S/C19H27NO5/c1-19(11-17(22)23,14-6-4-3-5-7-14)18(24)20-15-8-9-16(25-2)13(10-15)12-21/h8-10,14,21H,3-7,11-12H2,1-2H3,(H,20,24)(H,22,23)/t19-/m0/s1. The van der Waals surface area contributed by atoms with E-state index in [4.69, 9.17) is 4.74 Å². The lowest BCUT2D eigenvalue weighted by atomic mass is 9.67. The molecule has 6 heteroatoms. The van der Waals surface area contributed by atoms with Crippen LogP contribution in [0.1, 0.15) is 51.0 Å². The Morgan fingerprint density at radius 1 is 1.28 bits per heavy atom. The fourth-order valence-electron chi connectivity index (χ4n) is 3.72. The molecule has 1 aromatic rings. The van der Waals surface area contributed by atoms with Gasteiger partial charge in [-0.05, 0) is 43.9 Å². The van der Waals surface area contributed by atoms with E-state index in [-0.39, 0.29) is 24.9 Å². The highest BCUT2D eigenvalue weighted by atomic mass is 16.5. The van der Waals surface area contributed by atoms with Crippen LogP contribution < -0.4 is 10.1 Å². The zero-order chi connectivity index (χ0) is 18.4. The van der Waals surface area contributed by atoms with Gasteiger partial charge in [-0.15, -0.1) is 0 Å². The van der Waals surface area contributed by atoms with E-state index < -0.39 is 11.4 Å². The first-order valence-corrected chi connectivity index (χ1v) is 8.71. The molecule has 138 valence electrons. The number of benzene rings is 1. The van der Waals surface area contributed by atoms with Gasteiger partial charge in [0.25, 0.3) is 0 Å². The Morgan fingerprint density at radius 2 is 1.96 bits per heavy atom. The summed E-state index contributed by atoms with van der Waals surface area (Å²) < 4.78 is 5.16. The maximum absolute atomic E-state index is 13.0. The van der Waals surface area contributed by atoms with E-state index in [2.05, 4.69) is 5.32 Å². The molecule has 25 heavy (non-hydrogen) atoms. The van der Waals surface area contributed by atoms with Crippen LogP contribution in [0.2, 0.25) is 0 Å². The normalized spacial score (nSPS) is 17.6. The number of amides is 1. The Kier molecular flexibility index (Phi) is 6.42. The SMILES string of the molecule is COc1ccc(NC(=O)[C@@](C)(CC(=O)O)C2CCCCC2)cc1CO. The zero-order valence-electron chi connectivity index (χ0n) is 14.9. The predicted molar refractivity (Wildman–Crippen MR) is 94.5 cm³/mol. The average Bonchev–Trinajstić information content (AvgIpc) is 2.61. The van der Waals surface area contributed by atoms with Gasteiger partial charge in [0.2, 0.25) is 5.91 Å². The van der Waals surface area contributed by atoms with Crippen molar-refractivity contribution in [2.45, 2.75) is 52.1 Å². The number of carboxylic acid groups (broad SMARTS) is 1. The van der Waals surface area contributed by atoms with Gasteiger partial charge in [-0.2, -0.15) is 0 Å². The second-order valence-corrected chi connectivity index (χ2v) is 6.96. The molecular formula is C19H27NO5. The van der Waals surface area contributed by atoms with Crippen molar-refractivity contribution in [3.05, 3.63) is 23.8 Å². The first-order chi connectivity index (χ1) is 11.9. The number of carbonyl (C=O) groups excluding carboxylic acids is 1. The molecule has 0 bridgehead atoms. The van der Waals surface area contributed by atoms with Crippen LogP contribution in [0.4, 0.5) is 5.69 Å². The van der Waals surface area contributed by atoms with Gasteiger partial charge in [0.05, 0.1) is 25.6 Å². The molecule has 2 rings (SSSR count). The highest BCUT2D eigenvalue weighted by Gasteiger charge is 2.43. The lowest BCUT2D eigenvalue weighted by Crippen LogP contribution is -2.42. The van der Waals surface area contributed by atoms with Gasteiger partial charge in [0, 0.05) is 11.3 Å². The lowest BCUT2D eigenvalue weighted by molar-refractivity contribution is -0.145. The third-order valence-electron chi connectivity index (χ3n) is 5.25. The topological polar surface area (TPSA) is 95.9 Å². The molecule has 0 unspecified atom stereocenters. The van der Waals surface area contributed by atoms with Crippen molar-refractivity contribution >= 4 is 17.6 Å². The monoisotopic (exact) mass is 349 g/mol. The summed E-state index contributed by atoms with van der Waals surface area (Å²) in [5, 5.41) is 21.6. The minimum absolute atomic E-state index is 0.0629. The maximum Gasteiger partial charge on any atom is 0.304 e. The van der Waals surface area contributed by atoms with Crippen molar-refractivity contribution in [3.8, 4) is 5.75 Å². The van der Waals surface area contributed by atoms with Crippen LogP contribution in [0.15, 0.2) is 18.2 Å². The quantitative estimate of drug-likeness (QED) is 0.702. The van der Waals surface area contributed by atoms with Crippen molar-refractivity contribution in [1.29, 1.82) is 0 Å². The third-order valence-corrected chi connectivity index (χ3v) is 5.25. The van der Waals surface area contributed by atoms with E-state index in [1.807, 2.05) is 0 Å². The van der Waals surface area contributed by atoms with Gasteiger partial charge in [-0.3, -0.25) is 9.59 Å². The Labute approximate surface area is 148 Å². The van der Waals surface area contributed by atoms with Crippen molar-refractivity contribution in [2.75, 3.05) is 12.4 Å². The van der Waals surface area contributed by atoms with Gasteiger partial charge in [-0.1, -0.05) is 19.3 Å².